The molecule has 5 unspecified atom stereocenters. The lowest BCUT2D eigenvalue weighted by Crippen LogP contribution is -2.43. The van der Waals surface area contributed by atoms with E-state index in [1.165, 1.54) is 32.1 Å². The van der Waals surface area contributed by atoms with Gasteiger partial charge in [-0.25, -0.2) is 0 Å². The van der Waals surface area contributed by atoms with Crippen molar-refractivity contribution in [2.24, 2.45) is 23.7 Å². The molecule has 2 rings (SSSR count). The molecular weight excluding hydrogens is 210 g/mol. The molecule has 0 aromatic rings. The van der Waals surface area contributed by atoms with Crippen LogP contribution in [0.4, 0.5) is 0 Å². The highest BCUT2D eigenvalue weighted by Gasteiger charge is 2.41. The highest BCUT2D eigenvalue weighted by molar-refractivity contribution is 4.93. The van der Waals surface area contributed by atoms with Crippen molar-refractivity contribution in [3.63, 3.8) is 0 Å². The van der Waals surface area contributed by atoms with Crippen LogP contribution in [-0.2, 0) is 4.74 Å². The molecule has 0 radical (unpaired) electrons. The van der Waals surface area contributed by atoms with E-state index in [0.29, 0.717) is 18.1 Å². The van der Waals surface area contributed by atoms with E-state index in [4.69, 9.17) is 4.74 Å². The van der Waals surface area contributed by atoms with Crippen molar-refractivity contribution < 1.29 is 4.74 Å². The van der Waals surface area contributed by atoms with Gasteiger partial charge in [0.2, 0.25) is 0 Å². The third kappa shape index (κ3) is 2.85. The molecule has 0 spiro atoms. The average Bonchev–Trinajstić information content (AvgIpc) is 2.89. The van der Waals surface area contributed by atoms with Crippen LogP contribution in [0.15, 0.2) is 0 Å². The van der Waals surface area contributed by atoms with Crippen LogP contribution in [0.1, 0.15) is 46.0 Å². The highest BCUT2D eigenvalue weighted by Crippen LogP contribution is 2.50. The third-order valence-electron chi connectivity index (χ3n) is 5.14. The standard InChI is InChI=1S/C15H29NO/c1-10(2)15(17-4)14(16-3)9-13-8-11-5-6-12(13)7-11/h10-16H,5-9H2,1-4H3. The van der Waals surface area contributed by atoms with Crippen molar-refractivity contribution in [1.29, 1.82) is 0 Å². The lowest BCUT2D eigenvalue weighted by molar-refractivity contribution is 0.0252. The minimum atomic E-state index is 0.360. The number of rotatable bonds is 6. The summed E-state index contributed by atoms with van der Waals surface area (Å²) in [6, 6.07) is 0.532. The zero-order valence-corrected chi connectivity index (χ0v) is 11.9. The number of ether oxygens (including phenoxy) is 1. The summed E-state index contributed by atoms with van der Waals surface area (Å²) in [6.45, 7) is 4.53. The van der Waals surface area contributed by atoms with Crippen LogP contribution in [0.5, 0.6) is 0 Å². The maximum absolute atomic E-state index is 5.69. The fourth-order valence-electron chi connectivity index (χ4n) is 4.31. The van der Waals surface area contributed by atoms with E-state index in [0.717, 1.165) is 17.8 Å². The Morgan fingerprint density at radius 2 is 2.00 bits per heavy atom. The summed E-state index contributed by atoms with van der Waals surface area (Å²) in [4.78, 5) is 0. The second-order valence-electron chi connectivity index (χ2n) is 6.51. The fourth-order valence-corrected chi connectivity index (χ4v) is 4.31. The van der Waals surface area contributed by atoms with Gasteiger partial charge < -0.3 is 10.1 Å². The summed E-state index contributed by atoms with van der Waals surface area (Å²) in [5, 5.41) is 3.50. The molecule has 0 aliphatic heterocycles. The smallest absolute Gasteiger partial charge is 0.0747 e. The van der Waals surface area contributed by atoms with Crippen LogP contribution < -0.4 is 5.32 Å². The third-order valence-corrected chi connectivity index (χ3v) is 5.14. The number of likely N-dealkylation sites (N-methyl/N-ethyl adjacent to an activating group) is 1. The van der Waals surface area contributed by atoms with Gasteiger partial charge in [-0.2, -0.15) is 0 Å². The molecule has 2 bridgehead atoms. The molecule has 0 amide bonds. The molecule has 2 aliphatic carbocycles. The Hall–Kier alpha value is -0.0800. The maximum Gasteiger partial charge on any atom is 0.0747 e. The summed E-state index contributed by atoms with van der Waals surface area (Å²) in [7, 11) is 3.95. The number of fused-ring (bicyclic) bond motifs is 2. The fraction of sp³-hybridized carbons (Fsp3) is 1.00. The molecular formula is C15H29NO. The second-order valence-corrected chi connectivity index (χ2v) is 6.51. The summed E-state index contributed by atoms with van der Waals surface area (Å²) in [6.07, 6.45) is 7.67. The van der Waals surface area contributed by atoms with Gasteiger partial charge >= 0.3 is 0 Å². The van der Waals surface area contributed by atoms with E-state index in [-0.39, 0.29) is 0 Å². The van der Waals surface area contributed by atoms with Gasteiger partial charge in [0, 0.05) is 13.2 Å². The summed E-state index contributed by atoms with van der Waals surface area (Å²) in [5.41, 5.74) is 0. The SMILES string of the molecule is CNC(CC1CC2CCC1C2)C(OC)C(C)C. The van der Waals surface area contributed by atoms with Crippen molar-refractivity contribution in [1.82, 2.24) is 5.32 Å². The van der Waals surface area contributed by atoms with E-state index in [2.05, 4.69) is 26.2 Å². The molecule has 100 valence electrons. The Kier molecular flexibility index (Phi) is 4.48. The first-order valence-electron chi connectivity index (χ1n) is 7.35. The Balaban J connectivity index is 1.90. The van der Waals surface area contributed by atoms with Gasteiger partial charge in [-0.05, 0) is 56.4 Å². The average molecular weight is 239 g/mol. The molecule has 2 aliphatic rings. The van der Waals surface area contributed by atoms with Crippen LogP contribution >= 0.6 is 0 Å². The zero-order chi connectivity index (χ0) is 12.4. The van der Waals surface area contributed by atoms with Crippen LogP contribution in [0.2, 0.25) is 0 Å². The molecule has 0 saturated heterocycles. The van der Waals surface area contributed by atoms with Gasteiger partial charge in [0.05, 0.1) is 6.10 Å². The van der Waals surface area contributed by atoms with E-state index < -0.39 is 0 Å². The van der Waals surface area contributed by atoms with Crippen LogP contribution in [0.25, 0.3) is 0 Å². The van der Waals surface area contributed by atoms with E-state index in [1.54, 1.807) is 0 Å². The van der Waals surface area contributed by atoms with E-state index in [1.807, 2.05) is 7.11 Å². The monoisotopic (exact) mass is 239 g/mol. The Bertz CT molecular complexity index is 241. The normalized spacial score (nSPS) is 35.5. The predicted octanol–water partition coefficient (Wildman–Crippen LogP) is 3.07. The Morgan fingerprint density at radius 3 is 2.41 bits per heavy atom. The molecule has 0 aromatic heterocycles. The van der Waals surface area contributed by atoms with Gasteiger partial charge in [0.1, 0.15) is 0 Å². The van der Waals surface area contributed by atoms with E-state index in [9.17, 15) is 0 Å². The van der Waals surface area contributed by atoms with Crippen molar-refractivity contribution in [2.45, 2.75) is 58.1 Å². The lowest BCUT2D eigenvalue weighted by Gasteiger charge is -2.33. The lowest BCUT2D eigenvalue weighted by atomic mass is 9.81. The first kappa shape index (κ1) is 13.4. The van der Waals surface area contributed by atoms with Crippen molar-refractivity contribution in [3.05, 3.63) is 0 Å². The number of hydrogen-bond donors (Lipinski definition) is 1. The van der Waals surface area contributed by atoms with E-state index >= 15 is 0 Å². The molecule has 2 nitrogen and oxygen atoms in total. The van der Waals surface area contributed by atoms with Crippen LogP contribution in [0, 0.1) is 23.7 Å². The van der Waals surface area contributed by atoms with Crippen molar-refractivity contribution in [2.75, 3.05) is 14.2 Å². The Morgan fingerprint density at radius 1 is 1.24 bits per heavy atom. The second kappa shape index (κ2) is 5.71. The maximum atomic E-state index is 5.69. The molecule has 2 fully saturated rings. The molecule has 17 heavy (non-hydrogen) atoms. The van der Waals surface area contributed by atoms with Crippen molar-refractivity contribution >= 4 is 0 Å². The van der Waals surface area contributed by atoms with Gasteiger partial charge in [-0.15, -0.1) is 0 Å². The van der Waals surface area contributed by atoms with Crippen LogP contribution in [-0.4, -0.2) is 26.3 Å². The molecule has 0 aromatic carbocycles. The van der Waals surface area contributed by atoms with Gasteiger partial charge in [-0.1, -0.05) is 20.3 Å². The van der Waals surface area contributed by atoms with Gasteiger partial charge in [0.15, 0.2) is 0 Å². The molecule has 2 heteroatoms. The molecule has 5 atom stereocenters. The molecule has 2 saturated carbocycles. The minimum Gasteiger partial charge on any atom is -0.380 e. The quantitative estimate of drug-likeness (QED) is 0.769. The zero-order valence-electron chi connectivity index (χ0n) is 11.9. The van der Waals surface area contributed by atoms with Crippen LogP contribution in [0.3, 0.4) is 0 Å². The largest absolute Gasteiger partial charge is 0.380 e. The highest BCUT2D eigenvalue weighted by atomic mass is 16.5. The number of methoxy groups -OCH3 is 1. The summed E-state index contributed by atoms with van der Waals surface area (Å²) >= 11 is 0. The van der Waals surface area contributed by atoms with Gasteiger partial charge in [0.25, 0.3) is 0 Å². The van der Waals surface area contributed by atoms with Gasteiger partial charge in [-0.3, -0.25) is 0 Å². The molecule has 1 N–H and O–H groups in total. The predicted molar refractivity (Wildman–Crippen MR) is 72.0 cm³/mol. The number of nitrogens with one attached hydrogen (secondary N) is 1. The number of hydrogen-bond acceptors (Lipinski definition) is 2. The molecule has 0 heterocycles. The first-order valence-corrected chi connectivity index (χ1v) is 7.35. The summed E-state index contributed by atoms with van der Waals surface area (Å²) in [5.74, 6) is 3.64. The topological polar surface area (TPSA) is 21.3 Å². The minimum absolute atomic E-state index is 0.360. The van der Waals surface area contributed by atoms with Crippen molar-refractivity contribution in [3.8, 4) is 0 Å². The Labute approximate surface area is 107 Å². The first-order chi connectivity index (χ1) is 8.15. The summed E-state index contributed by atoms with van der Waals surface area (Å²) < 4.78 is 5.69.